The number of nitrogens with one attached hydrogen (secondary N) is 2. The number of fused-ring (bicyclic) bond motifs is 1. The lowest BCUT2D eigenvalue weighted by Gasteiger charge is -2.36. The standard InChI is InChI=1S/C31H52N7O20P3S/c1-31(2,26(45)29(46)34-10-9-20(40)33-11-12-62-22(43)13-18(39)7-5-3-4-6-8-21(41)42)15-55-61(52,53)58-60(50,51)54-14-19-25(57-59(47,48)49)24(44)30(56-19)38-17-37-23-27(32)35-16-36-28(23)38/h16-19,24-26,30,39,44-45H,3-15H2,1-2H3,(H,33,40)(H,34,46)(H,41,42)(H,50,51)(H,52,53)(H2,32,35,36)(H2,47,48,49)/p-5/t18-,19+,24+,25+,26-,30+/m0/s1. The first-order valence-electron chi connectivity index (χ1n) is 18.7. The topological polar surface area (TPSA) is 435 Å². The summed E-state index contributed by atoms with van der Waals surface area (Å²) in [7, 11) is -17.7. The van der Waals surface area contributed by atoms with Gasteiger partial charge in [0, 0.05) is 43.1 Å². The first-order valence-corrected chi connectivity index (χ1v) is 24.0. The molecule has 27 nitrogen and oxygen atoms in total. The van der Waals surface area contributed by atoms with E-state index >= 15 is 0 Å². The minimum absolute atomic E-state index is 0.0294. The highest BCUT2D eigenvalue weighted by Gasteiger charge is 2.47. The Labute approximate surface area is 357 Å². The fourth-order valence-corrected chi connectivity index (χ4v) is 9.11. The van der Waals surface area contributed by atoms with Gasteiger partial charge in [-0.3, -0.25) is 28.1 Å². The van der Waals surface area contributed by atoms with E-state index in [2.05, 4.69) is 43.5 Å². The highest BCUT2D eigenvalue weighted by molar-refractivity contribution is 8.13. The fraction of sp³-hybridized carbons (Fsp3) is 0.710. The molecule has 1 aliphatic rings. The van der Waals surface area contributed by atoms with Gasteiger partial charge >= 0.3 is 0 Å². The molecule has 352 valence electrons. The van der Waals surface area contributed by atoms with E-state index in [1.54, 1.807) is 0 Å². The van der Waals surface area contributed by atoms with E-state index in [-0.39, 0.29) is 60.2 Å². The Morgan fingerprint density at radius 2 is 1.66 bits per heavy atom. The minimum Gasteiger partial charge on any atom is -0.790 e. The molecule has 0 bridgehead atoms. The summed E-state index contributed by atoms with van der Waals surface area (Å²) in [6.45, 7) is -0.165. The van der Waals surface area contributed by atoms with Crippen LogP contribution in [-0.2, 0) is 55.5 Å². The molecule has 2 unspecified atom stereocenters. The SMILES string of the molecule is CC(C)(COP(=O)([O-])OP(=O)([O-])OC[C@H]1O[C@@H](n2cnc3c(N)ncnc32)[C@H](O)[C@@H]1OP(=O)([O-])[O-])[C@@H](O)C(=O)NCCC(=O)NCCSC(=O)C[C@@H](O)CCCCCCC(=O)[O-]. The molecule has 62 heavy (non-hydrogen) atoms. The molecular weight excluding hydrogens is 915 g/mol. The first-order chi connectivity index (χ1) is 28.8. The number of thioether (sulfide) groups is 1. The van der Waals surface area contributed by atoms with Gasteiger partial charge in [-0.05, 0) is 19.3 Å². The predicted molar refractivity (Wildman–Crippen MR) is 202 cm³/mol. The molecule has 31 heteroatoms. The number of amides is 2. The number of rotatable bonds is 28. The molecule has 7 N–H and O–H groups in total. The Balaban J connectivity index is 1.39. The third-order valence-corrected chi connectivity index (χ3v) is 12.7. The number of aliphatic carboxylic acids is 1. The number of unbranched alkanes of at least 4 members (excludes halogenated alkanes) is 3. The van der Waals surface area contributed by atoms with Crippen LogP contribution in [0.2, 0.25) is 0 Å². The molecule has 2 aromatic heterocycles. The Hall–Kier alpha value is -3.01. The molecule has 1 aliphatic heterocycles. The number of aromatic nitrogens is 4. The summed E-state index contributed by atoms with van der Waals surface area (Å²) >= 11 is 0.905. The van der Waals surface area contributed by atoms with Gasteiger partial charge in [-0.2, -0.15) is 0 Å². The van der Waals surface area contributed by atoms with E-state index in [1.165, 1.54) is 13.8 Å². The van der Waals surface area contributed by atoms with E-state index in [9.17, 15) is 72.9 Å². The largest absolute Gasteiger partial charge is 0.790 e. The summed E-state index contributed by atoms with van der Waals surface area (Å²) in [5, 5.41) is 46.3. The molecule has 1 saturated heterocycles. The Morgan fingerprint density at radius 1 is 0.984 bits per heavy atom. The number of hydrogen-bond acceptors (Lipinski definition) is 25. The highest BCUT2D eigenvalue weighted by atomic mass is 32.2. The molecule has 0 saturated carbocycles. The van der Waals surface area contributed by atoms with Gasteiger partial charge in [0.05, 0.1) is 33.5 Å². The predicted octanol–water partition coefficient (Wildman–Crippen LogP) is -4.02. The van der Waals surface area contributed by atoms with Crippen molar-refractivity contribution in [2.75, 3.05) is 37.8 Å². The smallest absolute Gasteiger partial charge is 0.274 e. The van der Waals surface area contributed by atoms with E-state index in [0.717, 1.165) is 29.0 Å². The van der Waals surface area contributed by atoms with Crippen molar-refractivity contribution in [1.82, 2.24) is 30.2 Å². The highest BCUT2D eigenvalue weighted by Crippen LogP contribution is 2.56. The molecule has 3 heterocycles. The van der Waals surface area contributed by atoms with Gasteiger partial charge in [0.25, 0.3) is 15.6 Å². The van der Waals surface area contributed by atoms with Crippen LogP contribution in [0.15, 0.2) is 12.7 Å². The van der Waals surface area contributed by atoms with Gasteiger partial charge in [0.15, 0.2) is 22.8 Å². The van der Waals surface area contributed by atoms with Crippen molar-refractivity contribution in [3.8, 4) is 0 Å². The van der Waals surface area contributed by atoms with Crippen LogP contribution in [0.25, 0.3) is 11.2 Å². The Bertz CT molecular complexity index is 1990. The lowest BCUT2D eigenvalue weighted by molar-refractivity contribution is -0.347. The number of hydrogen-bond donors (Lipinski definition) is 6. The molecule has 2 amide bonds. The van der Waals surface area contributed by atoms with E-state index in [4.69, 9.17) is 10.5 Å². The molecular formula is C31H47N7O20P3S-5. The zero-order valence-corrected chi connectivity index (χ0v) is 36.7. The van der Waals surface area contributed by atoms with Crippen molar-refractivity contribution < 1.29 is 95.5 Å². The first kappa shape index (κ1) is 53.3. The van der Waals surface area contributed by atoms with Crippen LogP contribution in [0.5, 0.6) is 0 Å². The number of nitrogen functional groups attached to an aromatic ring is 1. The van der Waals surface area contributed by atoms with Crippen LogP contribution in [0.3, 0.4) is 0 Å². The number of aliphatic hydroxyl groups excluding tert-OH is 3. The van der Waals surface area contributed by atoms with Crippen LogP contribution in [0.4, 0.5) is 5.82 Å². The fourth-order valence-electron chi connectivity index (χ4n) is 5.63. The summed E-state index contributed by atoms with van der Waals surface area (Å²) < 4.78 is 60.5. The number of anilines is 1. The number of aliphatic hydroxyl groups is 3. The van der Waals surface area contributed by atoms with Gasteiger partial charge < -0.3 is 84.0 Å². The van der Waals surface area contributed by atoms with Crippen molar-refractivity contribution in [3.05, 3.63) is 12.7 Å². The van der Waals surface area contributed by atoms with Crippen molar-refractivity contribution >= 4 is 75.1 Å². The van der Waals surface area contributed by atoms with Gasteiger partial charge in [-0.1, -0.05) is 44.9 Å². The molecule has 2 aromatic rings. The normalized spacial score (nSPS) is 21.2. The van der Waals surface area contributed by atoms with E-state index < -0.39 is 96.6 Å². The quantitative estimate of drug-likeness (QED) is 0.0349. The molecule has 0 spiro atoms. The van der Waals surface area contributed by atoms with Crippen molar-refractivity contribution in [2.45, 2.75) is 102 Å². The Kier molecular flexibility index (Phi) is 20.5. The summed E-state index contributed by atoms with van der Waals surface area (Å²) in [6, 6.07) is 0. The number of ether oxygens (including phenoxy) is 1. The number of nitrogens with two attached hydrogens (primary N) is 1. The van der Waals surface area contributed by atoms with Crippen LogP contribution < -0.4 is 41.0 Å². The van der Waals surface area contributed by atoms with Crippen molar-refractivity contribution in [2.24, 2.45) is 5.41 Å². The zero-order chi connectivity index (χ0) is 46.5. The van der Waals surface area contributed by atoms with Crippen LogP contribution >= 0.6 is 35.2 Å². The Morgan fingerprint density at radius 3 is 2.34 bits per heavy atom. The van der Waals surface area contributed by atoms with Crippen LogP contribution in [-0.4, -0.2) is 120 Å². The lowest BCUT2D eigenvalue weighted by atomic mass is 9.87. The summed E-state index contributed by atoms with van der Waals surface area (Å²) in [4.78, 5) is 107. The zero-order valence-electron chi connectivity index (χ0n) is 33.2. The minimum atomic E-state index is -5.94. The maximum atomic E-state index is 12.6. The molecule has 0 aromatic carbocycles. The number of phosphoric ester groups is 3. The second kappa shape index (κ2) is 23.8. The van der Waals surface area contributed by atoms with Crippen molar-refractivity contribution in [1.29, 1.82) is 0 Å². The molecule has 0 radical (unpaired) electrons. The number of phosphoric acid groups is 3. The van der Waals surface area contributed by atoms with E-state index in [1.807, 2.05) is 0 Å². The number of imidazole rings is 1. The molecule has 0 aliphatic carbocycles. The average molecular weight is 963 g/mol. The molecule has 8 atom stereocenters. The van der Waals surface area contributed by atoms with Gasteiger partial charge in [-0.25, -0.2) is 19.3 Å². The van der Waals surface area contributed by atoms with Crippen LogP contribution in [0, 0.1) is 5.41 Å². The lowest BCUT2D eigenvalue weighted by Crippen LogP contribution is -2.46. The van der Waals surface area contributed by atoms with Crippen LogP contribution in [0.1, 0.15) is 71.4 Å². The average Bonchev–Trinajstić information content (AvgIpc) is 3.72. The number of carbonyl (C=O) groups is 4. The maximum absolute atomic E-state index is 12.6. The molecule has 1 fully saturated rings. The third-order valence-electron chi connectivity index (χ3n) is 8.81. The summed E-state index contributed by atoms with van der Waals surface area (Å²) in [5.74, 6) is -2.59. The number of carboxylic acid groups (broad SMARTS) is 1. The second-order valence-corrected chi connectivity index (χ2v) is 19.6. The summed E-state index contributed by atoms with van der Waals surface area (Å²) in [5.41, 5.74) is 4.01. The monoisotopic (exact) mass is 962 g/mol. The molecule has 3 rings (SSSR count). The van der Waals surface area contributed by atoms with E-state index in [0.29, 0.717) is 32.1 Å². The van der Waals surface area contributed by atoms with Crippen molar-refractivity contribution in [3.63, 3.8) is 0 Å². The number of carbonyl (C=O) groups excluding carboxylic acids is 4. The number of nitrogens with zero attached hydrogens (tertiary/aromatic N) is 4. The number of carboxylic acids is 1. The third kappa shape index (κ3) is 17.9. The van der Waals surface area contributed by atoms with Gasteiger partial charge in [-0.15, -0.1) is 0 Å². The van der Waals surface area contributed by atoms with Gasteiger partial charge in [0.1, 0.15) is 36.3 Å². The van der Waals surface area contributed by atoms with Gasteiger partial charge in [0.2, 0.25) is 11.8 Å². The maximum Gasteiger partial charge on any atom is 0.274 e. The summed E-state index contributed by atoms with van der Waals surface area (Å²) in [6.07, 6.45) is -5.89. The second-order valence-electron chi connectivity index (χ2n) is 14.4.